The van der Waals surface area contributed by atoms with Gasteiger partial charge in [-0.05, 0) is 25.1 Å². The Labute approximate surface area is 81.9 Å². The molecule has 14 heavy (non-hydrogen) atoms. The van der Waals surface area contributed by atoms with E-state index in [1.807, 2.05) is 10.6 Å². The number of nitrogens with one attached hydrogen (secondary N) is 1. The molecular weight excluding hydrogens is 176 g/mol. The first-order valence-electron chi connectivity index (χ1n) is 4.95. The highest BCUT2D eigenvalue weighted by molar-refractivity contribution is 5.44. The molecule has 2 aromatic heterocycles. The molecule has 1 aliphatic rings. The average molecular weight is 188 g/mol. The van der Waals surface area contributed by atoms with Gasteiger partial charge in [0.05, 0.1) is 11.7 Å². The summed E-state index contributed by atoms with van der Waals surface area (Å²) in [5, 5.41) is 11.4. The lowest BCUT2D eigenvalue weighted by Gasteiger charge is -2.09. The number of hydrogen-bond donors (Lipinski definition) is 1. The molecule has 3 rings (SSSR count). The minimum Gasteiger partial charge on any atom is -0.316 e. The van der Waals surface area contributed by atoms with Crippen LogP contribution in [0, 0.1) is 0 Å². The standard InChI is InChI=1S/C10H12N4/c1-2-9-7-12-13-14(9)10(3-1)8-4-5-11-6-8/h1-3,7-8,11H,4-6H2. The van der Waals surface area contributed by atoms with Crippen molar-refractivity contribution < 1.29 is 0 Å². The summed E-state index contributed by atoms with van der Waals surface area (Å²) in [6.07, 6.45) is 2.99. The molecule has 0 bridgehead atoms. The Morgan fingerprint density at radius 3 is 3.29 bits per heavy atom. The van der Waals surface area contributed by atoms with E-state index in [-0.39, 0.29) is 0 Å². The highest BCUT2D eigenvalue weighted by Crippen LogP contribution is 2.22. The van der Waals surface area contributed by atoms with Crippen molar-refractivity contribution in [3.05, 3.63) is 30.1 Å². The van der Waals surface area contributed by atoms with Gasteiger partial charge in [0.25, 0.3) is 0 Å². The molecule has 1 atom stereocenters. The lowest BCUT2D eigenvalue weighted by atomic mass is 10.0. The lowest BCUT2D eigenvalue weighted by Crippen LogP contribution is -2.10. The highest BCUT2D eigenvalue weighted by Gasteiger charge is 2.19. The van der Waals surface area contributed by atoms with Crippen LogP contribution in [0.25, 0.3) is 5.52 Å². The Morgan fingerprint density at radius 2 is 2.43 bits per heavy atom. The van der Waals surface area contributed by atoms with Crippen LogP contribution in [0.15, 0.2) is 24.4 Å². The Kier molecular flexibility index (Phi) is 1.73. The Hall–Kier alpha value is -1.42. The summed E-state index contributed by atoms with van der Waals surface area (Å²) in [5.74, 6) is 0.584. The predicted molar refractivity (Wildman–Crippen MR) is 53.2 cm³/mol. The van der Waals surface area contributed by atoms with Crippen molar-refractivity contribution >= 4 is 5.52 Å². The third-order valence-corrected chi connectivity index (χ3v) is 2.83. The summed E-state index contributed by atoms with van der Waals surface area (Å²) in [4.78, 5) is 0. The van der Waals surface area contributed by atoms with Crippen LogP contribution in [0.4, 0.5) is 0 Å². The van der Waals surface area contributed by atoms with Gasteiger partial charge in [-0.25, -0.2) is 4.52 Å². The van der Waals surface area contributed by atoms with Gasteiger partial charge in [-0.3, -0.25) is 0 Å². The molecule has 1 N–H and O–H groups in total. The Bertz CT molecular complexity index is 442. The van der Waals surface area contributed by atoms with Crippen LogP contribution in [0.2, 0.25) is 0 Å². The van der Waals surface area contributed by atoms with Crippen molar-refractivity contribution in [3.63, 3.8) is 0 Å². The fraction of sp³-hybridized carbons (Fsp3) is 0.400. The molecular formula is C10H12N4. The molecule has 1 aliphatic heterocycles. The van der Waals surface area contributed by atoms with Gasteiger partial charge in [0.15, 0.2) is 0 Å². The first-order chi connectivity index (χ1) is 6.95. The summed E-state index contributed by atoms with van der Waals surface area (Å²) >= 11 is 0. The fourth-order valence-electron chi connectivity index (χ4n) is 2.09. The van der Waals surface area contributed by atoms with E-state index in [9.17, 15) is 0 Å². The Morgan fingerprint density at radius 1 is 1.43 bits per heavy atom. The van der Waals surface area contributed by atoms with Crippen molar-refractivity contribution in [3.8, 4) is 0 Å². The van der Waals surface area contributed by atoms with Crippen LogP contribution in [0.1, 0.15) is 18.0 Å². The fourth-order valence-corrected chi connectivity index (χ4v) is 2.09. The minimum absolute atomic E-state index is 0.584. The zero-order valence-corrected chi connectivity index (χ0v) is 7.85. The van der Waals surface area contributed by atoms with Gasteiger partial charge in [0, 0.05) is 18.2 Å². The number of pyridine rings is 1. The van der Waals surface area contributed by atoms with Gasteiger partial charge in [-0.1, -0.05) is 11.3 Å². The van der Waals surface area contributed by atoms with E-state index in [0.717, 1.165) is 18.6 Å². The average Bonchev–Trinajstić information content (AvgIpc) is 2.88. The molecule has 0 saturated carbocycles. The number of fused-ring (bicyclic) bond motifs is 1. The second kappa shape index (κ2) is 3.06. The SMILES string of the molecule is c1cc(C2CCNC2)n2nncc2c1. The first kappa shape index (κ1) is 7.94. The maximum Gasteiger partial charge on any atom is 0.0868 e. The zero-order chi connectivity index (χ0) is 9.38. The largest absolute Gasteiger partial charge is 0.316 e. The summed E-state index contributed by atoms with van der Waals surface area (Å²) in [5.41, 5.74) is 2.35. The molecule has 1 fully saturated rings. The van der Waals surface area contributed by atoms with Crippen molar-refractivity contribution in [2.75, 3.05) is 13.1 Å². The molecule has 0 radical (unpaired) electrons. The monoisotopic (exact) mass is 188 g/mol. The molecule has 1 unspecified atom stereocenters. The molecule has 1 saturated heterocycles. The van der Waals surface area contributed by atoms with Crippen LogP contribution in [-0.2, 0) is 0 Å². The molecule has 0 amide bonds. The van der Waals surface area contributed by atoms with Crippen molar-refractivity contribution in [1.82, 2.24) is 20.1 Å². The van der Waals surface area contributed by atoms with E-state index < -0.39 is 0 Å². The van der Waals surface area contributed by atoms with E-state index in [4.69, 9.17) is 0 Å². The number of aromatic nitrogens is 3. The molecule has 0 aliphatic carbocycles. The van der Waals surface area contributed by atoms with Gasteiger partial charge in [0.2, 0.25) is 0 Å². The van der Waals surface area contributed by atoms with E-state index in [1.54, 1.807) is 6.20 Å². The van der Waals surface area contributed by atoms with Crippen LogP contribution >= 0.6 is 0 Å². The van der Waals surface area contributed by atoms with Crippen molar-refractivity contribution in [2.45, 2.75) is 12.3 Å². The molecule has 0 aromatic carbocycles. The van der Waals surface area contributed by atoms with Crippen LogP contribution < -0.4 is 5.32 Å². The summed E-state index contributed by atoms with van der Waals surface area (Å²) < 4.78 is 1.94. The second-order valence-corrected chi connectivity index (χ2v) is 3.71. The molecule has 4 heteroatoms. The van der Waals surface area contributed by atoms with Gasteiger partial charge in [0.1, 0.15) is 0 Å². The molecule has 3 heterocycles. The van der Waals surface area contributed by atoms with E-state index >= 15 is 0 Å². The van der Waals surface area contributed by atoms with Gasteiger partial charge in [-0.2, -0.15) is 0 Å². The first-order valence-corrected chi connectivity index (χ1v) is 4.95. The van der Waals surface area contributed by atoms with Gasteiger partial charge >= 0.3 is 0 Å². The van der Waals surface area contributed by atoms with E-state index in [0.29, 0.717) is 5.92 Å². The number of hydrogen-bond acceptors (Lipinski definition) is 3. The van der Waals surface area contributed by atoms with Crippen LogP contribution in [-0.4, -0.2) is 27.9 Å². The van der Waals surface area contributed by atoms with Gasteiger partial charge < -0.3 is 5.32 Å². The molecule has 4 nitrogen and oxygen atoms in total. The third kappa shape index (κ3) is 1.11. The molecule has 2 aromatic rings. The van der Waals surface area contributed by atoms with Gasteiger partial charge in [-0.15, -0.1) is 5.10 Å². The van der Waals surface area contributed by atoms with E-state index in [1.165, 1.54) is 12.1 Å². The van der Waals surface area contributed by atoms with Crippen molar-refractivity contribution in [2.24, 2.45) is 0 Å². The Balaban J connectivity index is 2.14. The summed E-state index contributed by atoms with van der Waals surface area (Å²) in [6.45, 7) is 2.16. The highest BCUT2D eigenvalue weighted by atomic mass is 15.4. The van der Waals surface area contributed by atoms with Crippen LogP contribution in [0.3, 0.4) is 0 Å². The predicted octanol–water partition coefficient (Wildman–Crippen LogP) is 0.806. The molecule has 0 spiro atoms. The van der Waals surface area contributed by atoms with E-state index in [2.05, 4.69) is 27.8 Å². The third-order valence-electron chi connectivity index (χ3n) is 2.83. The van der Waals surface area contributed by atoms with Crippen molar-refractivity contribution in [1.29, 1.82) is 0 Å². The smallest absolute Gasteiger partial charge is 0.0868 e. The quantitative estimate of drug-likeness (QED) is 0.720. The topological polar surface area (TPSA) is 42.2 Å². The summed E-state index contributed by atoms with van der Waals surface area (Å²) in [6, 6.07) is 6.25. The maximum atomic E-state index is 4.10. The maximum absolute atomic E-state index is 4.10. The lowest BCUT2D eigenvalue weighted by molar-refractivity contribution is 0.681. The molecule has 72 valence electrons. The zero-order valence-electron chi connectivity index (χ0n) is 7.85. The van der Waals surface area contributed by atoms with Crippen LogP contribution in [0.5, 0.6) is 0 Å². The number of nitrogens with zero attached hydrogens (tertiary/aromatic N) is 3. The normalized spacial score (nSPS) is 21.9. The summed E-state index contributed by atoms with van der Waals surface area (Å²) in [7, 11) is 0. The number of rotatable bonds is 1. The minimum atomic E-state index is 0.584. The second-order valence-electron chi connectivity index (χ2n) is 3.71.